The molecule has 0 amide bonds. The van der Waals surface area contributed by atoms with Gasteiger partial charge in [-0.2, -0.15) is 0 Å². The van der Waals surface area contributed by atoms with Gasteiger partial charge in [-0.05, 0) is 58.6 Å². The van der Waals surface area contributed by atoms with Crippen LogP contribution in [-0.2, 0) is 0 Å². The Morgan fingerprint density at radius 2 is 1.90 bits per heavy atom. The summed E-state index contributed by atoms with van der Waals surface area (Å²) < 4.78 is 2.98. The van der Waals surface area contributed by atoms with Gasteiger partial charge in [0, 0.05) is 26.8 Å². The third kappa shape index (κ3) is 2.61. The second-order valence-electron chi connectivity index (χ2n) is 3.91. The Kier molecular flexibility index (Phi) is 3.57. The quantitative estimate of drug-likeness (QED) is 0.384. The minimum atomic E-state index is -0.413. The lowest BCUT2D eigenvalue weighted by Gasteiger charge is -2.00. The number of nitro groups is 1. The third-order valence-corrected chi connectivity index (χ3v) is 4.20. The lowest BCUT2D eigenvalue weighted by molar-refractivity contribution is -0.384. The number of nitrogens with zero attached hydrogens (tertiary/aromatic N) is 4. The van der Waals surface area contributed by atoms with Crippen LogP contribution in [0.5, 0.6) is 0 Å². The highest BCUT2D eigenvalue weighted by Crippen LogP contribution is 2.28. The van der Waals surface area contributed by atoms with Crippen molar-refractivity contribution < 1.29 is 4.92 Å². The first-order valence-electron chi connectivity index (χ1n) is 5.56. The predicted molar refractivity (Wildman–Crippen MR) is 82.9 cm³/mol. The number of hydrogen-bond donors (Lipinski definition) is 0. The maximum atomic E-state index is 10.6. The van der Waals surface area contributed by atoms with Gasteiger partial charge in [-0.3, -0.25) is 14.5 Å². The topological polar surface area (TPSA) is 73.3 Å². The minimum Gasteiger partial charge on any atom is -0.276 e. The highest BCUT2D eigenvalue weighted by Gasteiger charge is 2.09. The smallest absolute Gasteiger partial charge is 0.269 e. The van der Waals surface area contributed by atoms with Gasteiger partial charge in [0.1, 0.15) is 0 Å². The van der Waals surface area contributed by atoms with E-state index in [4.69, 9.17) is 0 Å². The summed E-state index contributed by atoms with van der Waals surface area (Å²) in [5.74, 6) is 0. The number of aromatic nitrogens is 3. The summed E-state index contributed by atoms with van der Waals surface area (Å²) in [4.78, 5) is 11.1. The van der Waals surface area contributed by atoms with Crippen LogP contribution < -0.4 is 0 Å². The third-order valence-electron chi connectivity index (χ3n) is 2.59. The van der Waals surface area contributed by atoms with Crippen molar-refractivity contribution in [1.29, 1.82) is 0 Å². The highest BCUT2D eigenvalue weighted by atomic mass is 127. The van der Waals surface area contributed by atoms with E-state index in [1.54, 1.807) is 12.1 Å². The Balaban J connectivity index is 1.92. The Morgan fingerprint density at radius 1 is 1.15 bits per heavy atom. The average molecular weight is 398 g/mol. The summed E-state index contributed by atoms with van der Waals surface area (Å²) in [7, 11) is 0. The van der Waals surface area contributed by atoms with Gasteiger partial charge in [0.25, 0.3) is 5.69 Å². The van der Waals surface area contributed by atoms with E-state index in [0.29, 0.717) is 0 Å². The van der Waals surface area contributed by atoms with Crippen molar-refractivity contribution >= 4 is 45.7 Å². The molecule has 0 aliphatic carbocycles. The largest absolute Gasteiger partial charge is 0.276 e. The molecular formula is C12H7IN4O2S. The van der Waals surface area contributed by atoms with Gasteiger partial charge < -0.3 is 0 Å². The van der Waals surface area contributed by atoms with Crippen molar-refractivity contribution in [2.45, 2.75) is 10.1 Å². The fourth-order valence-corrected chi connectivity index (χ4v) is 2.92. The Bertz CT molecular complexity index is 788. The van der Waals surface area contributed by atoms with Gasteiger partial charge in [-0.25, -0.2) is 0 Å². The molecule has 0 bridgehead atoms. The van der Waals surface area contributed by atoms with Gasteiger partial charge in [-0.15, -0.1) is 10.2 Å². The van der Waals surface area contributed by atoms with E-state index >= 15 is 0 Å². The highest BCUT2D eigenvalue weighted by molar-refractivity contribution is 14.1. The Labute approximate surface area is 131 Å². The van der Waals surface area contributed by atoms with Crippen LogP contribution in [0.4, 0.5) is 5.69 Å². The first-order chi connectivity index (χ1) is 9.63. The number of benzene rings is 1. The van der Waals surface area contributed by atoms with E-state index in [0.717, 1.165) is 19.3 Å². The van der Waals surface area contributed by atoms with Gasteiger partial charge in [-0.1, -0.05) is 0 Å². The number of halogens is 1. The molecule has 0 spiro atoms. The van der Waals surface area contributed by atoms with Crippen molar-refractivity contribution in [3.8, 4) is 0 Å². The summed E-state index contributed by atoms with van der Waals surface area (Å²) in [5.41, 5.74) is 0.852. The maximum absolute atomic E-state index is 10.6. The van der Waals surface area contributed by atoms with Crippen LogP contribution >= 0.6 is 34.4 Å². The van der Waals surface area contributed by atoms with Crippen molar-refractivity contribution in [1.82, 2.24) is 14.6 Å². The SMILES string of the molecule is O=[N+]([O-])c1ccc(Sc2nnc3ccc(I)cn23)cc1. The average Bonchev–Trinajstić information content (AvgIpc) is 2.82. The predicted octanol–water partition coefficient (Wildman–Crippen LogP) is 3.39. The van der Waals surface area contributed by atoms with Crippen molar-refractivity contribution in [2.75, 3.05) is 0 Å². The Morgan fingerprint density at radius 3 is 2.60 bits per heavy atom. The molecule has 0 saturated carbocycles. The van der Waals surface area contributed by atoms with Crippen LogP contribution in [0.25, 0.3) is 5.65 Å². The molecule has 20 heavy (non-hydrogen) atoms. The molecule has 0 unspecified atom stereocenters. The van der Waals surface area contributed by atoms with Crippen LogP contribution in [0.15, 0.2) is 52.6 Å². The first-order valence-corrected chi connectivity index (χ1v) is 7.45. The summed E-state index contributed by atoms with van der Waals surface area (Å²) >= 11 is 3.64. The van der Waals surface area contributed by atoms with Crippen molar-refractivity contribution in [2.24, 2.45) is 0 Å². The molecule has 2 aromatic heterocycles. The molecule has 0 aliphatic rings. The molecule has 3 rings (SSSR count). The monoisotopic (exact) mass is 398 g/mol. The van der Waals surface area contributed by atoms with Crippen LogP contribution in [-0.4, -0.2) is 19.5 Å². The van der Waals surface area contributed by atoms with E-state index < -0.39 is 4.92 Å². The molecule has 0 saturated heterocycles. The molecule has 0 radical (unpaired) electrons. The molecule has 3 aromatic rings. The molecule has 0 aliphatic heterocycles. The number of pyridine rings is 1. The lowest BCUT2D eigenvalue weighted by atomic mass is 10.3. The summed E-state index contributed by atoms with van der Waals surface area (Å²) in [6.45, 7) is 0. The Hall–Kier alpha value is -1.68. The van der Waals surface area contributed by atoms with Gasteiger partial charge in [0.15, 0.2) is 10.8 Å². The number of non-ortho nitro benzene ring substituents is 1. The molecule has 100 valence electrons. The van der Waals surface area contributed by atoms with Gasteiger partial charge in [0.05, 0.1) is 4.92 Å². The van der Waals surface area contributed by atoms with Crippen molar-refractivity contribution in [3.63, 3.8) is 0 Å². The number of nitro benzene ring substituents is 1. The van der Waals surface area contributed by atoms with Gasteiger partial charge >= 0.3 is 0 Å². The fraction of sp³-hybridized carbons (Fsp3) is 0. The maximum Gasteiger partial charge on any atom is 0.269 e. The summed E-state index contributed by atoms with van der Waals surface area (Å²) in [6.07, 6.45) is 1.95. The second-order valence-corrected chi connectivity index (χ2v) is 6.20. The van der Waals surface area contributed by atoms with Crippen molar-refractivity contribution in [3.05, 3.63) is 56.3 Å². The second kappa shape index (κ2) is 5.37. The minimum absolute atomic E-state index is 0.0787. The van der Waals surface area contributed by atoms with E-state index in [1.807, 2.05) is 22.7 Å². The zero-order valence-electron chi connectivity index (χ0n) is 9.93. The van der Waals surface area contributed by atoms with Gasteiger partial charge in [0.2, 0.25) is 0 Å². The molecule has 2 heterocycles. The molecular weight excluding hydrogens is 391 g/mol. The molecule has 0 atom stereocenters. The fourth-order valence-electron chi connectivity index (χ4n) is 1.65. The summed E-state index contributed by atoms with van der Waals surface area (Å²) in [6, 6.07) is 10.2. The normalized spacial score (nSPS) is 10.8. The van der Waals surface area contributed by atoms with E-state index in [9.17, 15) is 10.1 Å². The number of rotatable bonds is 3. The lowest BCUT2D eigenvalue weighted by Crippen LogP contribution is -1.89. The zero-order valence-corrected chi connectivity index (χ0v) is 12.9. The molecule has 0 fully saturated rings. The van der Waals surface area contributed by atoms with Crippen LogP contribution in [0.1, 0.15) is 0 Å². The van der Waals surface area contributed by atoms with E-state index in [-0.39, 0.29) is 5.69 Å². The van der Waals surface area contributed by atoms with E-state index in [1.165, 1.54) is 23.9 Å². The first kappa shape index (κ1) is 13.3. The molecule has 8 heteroatoms. The molecule has 1 aromatic carbocycles. The molecule has 0 N–H and O–H groups in total. The van der Waals surface area contributed by atoms with Crippen LogP contribution in [0, 0.1) is 13.7 Å². The van der Waals surface area contributed by atoms with E-state index in [2.05, 4.69) is 32.8 Å². The number of fused-ring (bicyclic) bond motifs is 1. The molecule has 6 nitrogen and oxygen atoms in total. The zero-order chi connectivity index (χ0) is 14.1. The van der Waals surface area contributed by atoms with Crippen LogP contribution in [0.3, 0.4) is 0 Å². The standard InChI is InChI=1S/C12H7IN4O2S/c13-8-1-6-11-14-15-12(16(11)7-8)20-10-4-2-9(3-5-10)17(18)19/h1-7H. The van der Waals surface area contributed by atoms with Crippen LogP contribution in [0.2, 0.25) is 0 Å². The summed E-state index contributed by atoms with van der Waals surface area (Å²) in [5, 5.41) is 19.6. The number of hydrogen-bond acceptors (Lipinski definition) is 5.